The zero-order valence-electron chi connectivity index (χ0n) is 10.4. The number of esters is 1. The van der Waals surface area contributed by atoms with Crippen molar-refractivity contribution in [3.8, 4) is 0 Å². The third kappa shape index (κ3) is 7.41. The Bertz CT molecular complexity index is 311. The van der Waals surface area contributed by atoms with E-state index in [4.69, 9.17) is 4.74 Å². The Morgan fingerprint density at radius 2 is 1.94 bits per heavy atom. The first kappa shape index (κ1) is 14.5. The molecule has 0 aromatic heterocycles. The van der Waals surface area contributed by atoms with Gasteiger partial charge in [-0.1, -0.05) is 0 Å². The van der Waals surface area contributed by atoms with Gasteiger partial charge in [-0.15, -0.1) is 0 Å². The van der Waals surface area contributed by atoms with E-state index in [1.54, 1.807) is 0 Å². The van der Waals surface area contributed by atoms with E-state index in [0.717, 1.165) is 12.8 Å². The SMILES string of the molecule is CCOC(=O)CCCCC[Te]c1ccccc1. The van der Waals surface area contributed by atoms with E-state index >= 15 is 0 Å². The quantitative estimate of drug-likeness (QED) is 0.410. The van der Waals surface area contributed by atoms with E-state index in [-0.39, 0.29) is 26.9 Å². The van der Waals surface area contributed by atoms with Crippen LogP contribution in [0.25, 0.3) is 0 Å². The molecule has 3 heteroatoms. The fourth-order valence-corrected chi connectivity index (χ4v) is 4.15. The van der Waals surface area contributed by atoms with Crippen LogP contribution in [-0.4, -0.2) is 33.5 Å². The number of ether oxygens (including phenoxy) is 1. The topological polar surface area (TPSA) is 26.3 Å². The first-order valence-corrected chi connectivity index (χ1v) is 8.97. The molecule has 0 aliphatic rings. The summed E-state index contributed by atoms with van der Waals surface area (Å²) in [4.78, 5) is 11.1. The van der Waals surface area contributed by atoms with Crippen molar-refractivity contribution in [2.75, 3.05) is 6.61 Å². The molecule has 1 aromatic rings. The van der Waals surface area contributed by atoms with Crippen molar-refractivity contribution in [3.05, 3.63) is 30.3 Å². The summed E-state index contributed by atoms with van der Waals surface area (Å²) in [5.41, 5.74) is 0. The monoisotopic (exact) mass is 350 g/mol. The normalized spacial score (nSPS) is 10.2. The molecule has 0 amide bonds. The van der Waals surface area contributed by atoms with Crippen molar-refractivity contribution in [2.24, 2.45) is 0 Å². The second-order valence-corrected chi connectivity index (χ2v) is 7.11. The molecule has 0 N–H and O–H groups in total. The maximum absolute atomic E-state index is 11.1. The third-order valence-corrected chi connectivity index (χ3v) is 5.48. The summed E-state index contributed by atoms with van der Waals surface area (Å²) in [6, 6.07) is 10.7. The van der Waals surface area contributed by atoms with Gasteiger partial charge in [-0.3, -0.25) is 0 Å². The maximum atomic E-state index is 11.1. The number of hydrogen-bond donors (Lipinski definition) is 0. The van der Waals surface area contributed by atoms with Gasteiger partial charge in [0.15, 0.2) is 0 Å². The molecule has 0 saturated heterocycles. The van der Waals surface area contributed by atoms with Gasteiger partial charge in [0.2, 0.25) is 0 Å². The first-order chi connectivity index (χ1) is 8.33. The van der Waals surface area contributed by atoms with Crippen molar-refractivity contribution in [1.29, 1.82) is 0 Å². The standard InChI is InChI=1S/C14H20O2Te/c1-2-16-14(15)11-7-4-8-12-17-13-9-5-3-6-10-13/h3,5-6,9-10H,2,4,7-8,11-12H2,1H3. The number of benzene rings is 1. The molecule has 94 valence electrons. The number of carbonyl (C=O) groups is 1. The van der Waals surface area contributed by atoms with Crippen molar-refractivity contribution < 1.29 is 9.53 Å². The molecule has 0 fully saturated rings. The van der Waals surface area contributed by atoms with Crippen LogP contribution >= 0.6 is 0 Å². The van der Waals surface area contributed by atoms with Crippen molar-refractivity contribution in [3.63, 3.8) is 0 Å². The molecule has 17 heavy (non-hydrogen) atoms. The second-order valence-electron chi connectivity index (χ2n) is 3.78. The van der Waals surface area contributed by atoms with Crippen molar-refractivity contribution in [2.45, 2.75) is 37.1 Å². The number of unbranched alkanes of at least 4 members (excludes halogenated alkanes) is 2. The van der Waals surface area contributed by atoms with Gasteiger partial charge in [-0.25, -0.2) is 0 Å². The summed E-state index contributed by atoms with van der Waals surface area (Å²) in [5, 5.41) is 0. The van der Waals surface area contributed by atoms with Crippen LogP contribution < -0.4 is 3.61 Å². The minimum absolute atomic E-state index is 0.00623. The second kappa shape index (κ2) is 9.50. The number of hydrogen-bond acceptors (Lipinski definition) is 2. The van der Waals surface area contributed by atoms with Crippen LogP contribution in [0.4, 0.5) is 0 Å². The van der Waals surface area contributed by atoms with Crippen molar-refractivity contribution >= 4 is 30.5 Å². The van der Waals surface area contributed by atoms with Crippen LogP contribution in [0.5, 0.6) is 0 Å². The Kier molecular flexibility index (Phi) is 8.13. The summed E-state index contributed by atoms with van der Waals surface area (Å²) in [6.45, 7) is 2.35. The molecule has 2 nitrogen and oxygen atoms in total. The molecule has 0 radical (unpaired) electrons. The molecule has 0 spiro atoms. The van der Waals surface area contributed by atoms with E-state index < -0.39 is 0 Å². The number of carbonyl (C=O) groups excluding carboxylic acids is 1. The zero-order valence-corrected chi connectivity index (χ0v) is 12.7. The van der Waals surface area contributed by atoms with E-state index in [2.05, 4.69) is 30.3 Å². The average molecular weight is 348 g/mol. The van der Waals surface area contributed by atoms with Crippen LogP contribution in [0.15, 0.2) is 30.3 Å². The summed E-state index contributed by atoms with van der Waals surface area (Å²) in [6.07, 6.45) is 3.95. The molecular weight excluding hydrogens is 328 g/mol. The summed E-state index contributed by atoms with van der Waals surface area (Å²) in [7, 11) is 0. The fraction of sp³-hybridized carbons (Fsp3) is 0.500. The third-order valence-electron chi connectivity index (χ3n) is 2.34. The van der Waals surface area contributed by atoms with Crippen LogP contribution in [-0.2, 0) is 9.53 Å². The molecule has 1 rings (SSSR count). The Morgan fingerprint density at radius 1 is 1.18 bits per heavy atom. The molecule has 0 heterocycles. The fourth-order valence-electron chi connectivity index (χ4n) is 1.49. The molecular formula is C14H20O2Te. The molecule has 1 aromatic carbocycles. The van der Waals surface area contributed by atoms with E-state index in [0.29, 0.717) is 13.0 Å². The molecule has 0 aliphatic carbocycles. The van der Waals surface area contributed by atoms with E-state index in [1.165, 1.54) is 14.5 Å². The van der Waals surface area contributed by atoms with Crippen LogP contribution in [0.3, 0.4) is 0 Å². The van der Waals surface area contributed by atoms with Crippen LogP contribution in [0.1, 0.15) is 32.6 Å². The summed E-state index contributed by atoms with van der Waals surface area (Å²) in [5.74, 6) is -0.0491. The predicted molar refractivity (Wildman–Crippen MR) is 71.7 cm³/mol. The average Bonchev–Trinajstić information content (AvgIpc) is 2.35. The van der Waals surface area contributed by atoms with Gasteiger partial charge in [0.1, 0.15) is 0 Å². The zero-order chi connectivity index (χ0) is 12.3. The van der Waals surface area contributed by atoms with Crippen molar-refractivity contribution in [1.82, 2.24) is 0 Å². The van der Waals surface area contributed by atoms with Gasteiger partial charge >= 0.3 is 114 Å². The Balaban J connectivity index is 1.96. The Labute approximate surface area is 114 Å². The Hall–Kier alpha value is -0.520. The summed E-state index contributed by atoms with van der Waals surface area (Å²) >= 11 is -0.00623. The van der Waals surface area contributed by atoms with Gasteiger partial charge in [0.25, 0.3) is 0 Å². The van der Waals surface area contributed by atoms with Crippen LogP contribution in [0.2, 0.25) is 4.47 Å². The van der Waals surface area contributed by atoms with Crippen LogP contribution in [0, 0.1) is 0 Å². The van der Waals surface area contributed by atoms with Gasteiger partial charge in [0, 0.05) is 0 Å². The first-order valence-electron chi connectivity index (χ1n) is 6.16. The van der Waals surface area contributed by atoms with E-state index in [9.17, 15) is 4.79 Å². The molecule has 0 bridgehead atoms. The predicted octanol–water partition coefficient (Wildman–Crippen LogP) is 2.56. The van der Waals surface area contributed by atoms with Gasteiger partial charge in [-0.2, -0.15) is 0 Å². The minimum atomic E-state index is -0.0491. The molecule has 0 aliphatic heterocycles. The van der Waals surface area contributed by atoms with Gasteiger partial charge < -0.3 is 0 Å². The number of rotatable bonds is 8. The van der Waals surface area contributed by atoms with Gasteiger partial charge in [-0.05, 0) is 0 Å². The Morgan fingerprint density at radius 3 is 2.65 bits per heavy atom. The molecule has 0 saturated carbocycles. The van der Waals surface area contributed by atoms with E-state index in [1.807, 2.05) is 6.92 Å². The van der Waals surface area contributed by atoms with Gasteiger partial charge in [0.05, 0.1) is 0 Å². The molecule has 0 unspecified atom stereocenters. The summed E-state index contributed by atoms with van der Waals surface area (Å²) < 4.78 is 7.75. The molecule has 0 atom stereocenters.